The maximum absolute atomic E-state index is 13.6. The summed E-state index contributed by atoms with van der Waals surface area (Å²) in [5.74, 6) is -0.506. The molecule has 1 heterocycles. The van der Waals surface area contributed by atoms with Crippen LogP contribution in [0.5, 0.6) is 5.75 Å². The number of halogens is 5. The Morgan fingerprint density at radius 3 is 2.60 bits per heavy atom. The molecule has 0 aliphatic rings. The van der Waals surface area contributed by atoms with Crippen molar-refractivity contribution in [1.82, 2.24) is 9.55 Å². The lowest BCUT2D eigenvalue weighted by molar-refractivity contribution is -0.140. The number of benzene rings is 1. The molecule has 20 heavy (non-hydrogen) atoms. The summed E-state index contributed by atoms with van der Waals surface area (Å²) in [5.41, 5.74) is 0.313. The van der Waals surface area contributed by atoms with Crippen LogP contribution < -0.4 is 4.74 Å². The third-order valence-electron chi connectivity index (χ3n) is 2.76. The minimum atomic E-state index is -4.41. The van der Waals surface area contributed by atoms with E-state index in [1.54, 1.807) is 0 Å². The molecule has 0 saturated carbocycles. The van der Waals surface area contributed by atoms with Crippen molar-refractivity contribution in [3.63, 3.8) is 0 Å². The third kappa shape index (κ3) is 2.98. The quantitative estimate of drug-likeness (QED) is 0.638. The van der Waals surface area contributed by atoms with Crippen LogP contribution in [0, 0.1) is 5.82 Å². The number of imidazole rings is 1. The fourth-order valence-corrected chi connectivity index (χ4v) is 2.13. The smallest absolute Gasteiger partial charge is 0.406 e. The van der Waals surface area contributed by atoms with Crippen LogP contribution in [0.25, 0.3) is 11.0 Å². The Hall–Kier alpha value is -1.50. The monoisotopic (exact) mass is 310 g/mol. The molecule has 0 unspecified atom stereocenters. The number of hydrogen-bond acceptors (Lipinski definition) is 2. The summed E-state index contributed by atoms with van der Waals surface area (Å²) in [6.45, 7) is -1.20. The summed E-state index contributed by atoms with van der Waals surface area (Å²) in [4.78, 5) is 4.01. The van der Waals surface area contributed by atoms with Gasteiger partial charge in [0.1, 0.15) is 12.4 Å². The molecule has 0 bridgehead atoms. The van der Waals surface area contributed by atoms with Gasteiger partial charge in [0.05, 0.1) is 18.1 Å². The molecule has 3 nitrogen and oxygen atoms in total. The first kappa shape index (κ1) is 14.9. The number of nitrogens with zero attached hydrogens (tertiary/aromatic N) is 2. The van der Waals surface area contributed by atoms with Crippen molar-refractivity contribution in [2.24, 2.45) is 0 Å². The van der Waals surface area contributed by atoms with Crippen molar-refractivity contribution in [2.75, 3.05) is 13.0 Å². The predicted octanol–water partition coefficient (Wildman–Crippen LogP) is 3.53. The second kappa shape index (κ2) is 5.47. The predicted molar refractivity (Wildman–Crippen MR) is 66.7 cm³/mol. The van der Waals surface area contributed by atoms with Crippen LogP contribution in [-0.4, -0.2) is 28.7 Å². The molecule has 110 valence electrons. The topological polar surface area (TPSA) is 27.1 Å². The highest BCUT2D eigenvalue weighted by atomic mass is 35.5. The molecule has 8 heteroatoms. The van der Waals surface area contributed by atoms with Crippen molar-refractivity contribution in [3.05, 3.63) is 23.8 Å². The summed E-state index contributed by atoms with van der Waals surface area (Å²) >= 11 is 5.56. The third-order valence-corrected chi connectivity index (χ3v) is 2.95. The van der Waals surface area contributed by atoms with Crippen LogP contribution >= 0.6 is 11.6 Å². The van der Waals surface area contributed by atoms with Gasteiger partial charge in [-0.05, 0) is 0 Å². The van der Waals surface area contributed by atoms with Gasteiger partial charge in [-0.3, -0.25) is 0 Å². The lowest BCUT2D eigenvalue weighted by Crippen LogP contribution is -2.19. The fourth-order valence-electron chi connectivity index (χ4n) is 1.96. The molecule has 0 atom stereocenters. The van der Waals surface area contributed by atoms with Gasteiger partial charge in [0.2, 0.25) is 0 Å². The number of alkyl halides is 4. The molecule has 0 fully saturated rings. The maximum Gasteiger partial charge on any atom is 0.406 e. The molecule has 0 aliphatic carbocycles. The van der Waals surface area contributed by atoms with Crippen LogP contribution in [-0.2, 0) is 13.0 Å². The summed E-state index contributed by atoms with van der Waals surface area (Å²) < 4.78 is 57.3. The van der Waals surface area contributed by atoms with Crippen LogP contribution in [0.1, 0.15) is 5.82 Å². The van der Waals surface area contributed by atoms with Crippen LogP contribution in [0.15, 0.2) is 12.1 Å². The van der Waals surface area contributed by atoms with E-state index < -0.39 is 18.5 Å². The molecule has 0 spiro atoms. The molecule has 2 rings (SSSR count). The average molecular weight is 311 g/mol. The van der Waals surface area contributed by atoms with Crippen molar-refractivity contribution < 1.29 is 22.3 Å². The SMILES string of the molecule is COc1cc2c(cc1F)nc(CCCl)n2CC(F)(F)F. The highest BCUT2D eigenvalue weighted by Gasteiger charge is 2.30. The molecule has 0 N–H and O–H groups in total. The van der Waals surface area contributed by atoms with Gasteiger partial charge in [0.25, 0.3) is 0 Å². The van der Waals surface area contributed by atoms with Gasteiger partial charge in [-0.2, -0.15) is 13.2 Å². The maximum atomic E-state index is 13.6. The van der Waals surface area contributed by atoms with E-state index in [4.69, 9.17) is 16.3 Å². The van der Waals surface area contributed by atoms with E-state index in [1.807, 2.05) is 0 Å². The van der Waals surface area contributed by atoms with E-state index in [2.05, 4.69) is 4.98 Å². The van der Waals surface area contributed by atoms with E-state index in [0.717, 1.165) is 10.6 Å². The normalized spacial score (nSPS) is 12.1. The number of rotatable bonds is 4. The Morgan fingerprint density at radius 1 is 1.35 bits per heavy atom. The summed E-state index contributed by atoms with van der Waals surface area (Å²) in [7, 11) is 1.24. The Morgan fingerprint density at radius 2 is 2.05 bits per heavy atom. The molecule has 2 aromatic rings. The number of aryl methyl sites for hydroxylation is 1. The van der Waals surface area contributed by atoms with Crippen molar-refractivity contribution in [2.45, 2.75) is 19.1 Å². The largest absolute Gasteiger partial charge is 0.494 e. The van der Waals surface area contributed by atoms with Gasteiger partial charge in [-0.1, -0.05) is 0 Å². The van der Waals surface area contributed by atoms with E-state index >= 15 is 0 Å². The summed E-state index contributed by atoms with van der Waals surface area (Å²) in [6.07, 6.45) is -4.24. The van der Waals surface area contributed by atoms with Crippen molar-refractivity contribution in [1.29, 1.82) is 0 Å². The van der Waals surface area contributed by atoms with E-state index in [-0.39, 0.29) is 34.9 Å². The zero-order valence-corrected chi connectivity index (χ0v) is 11.2. The molecular formula is C12H11ClF4N2O. The standard InChI is InChI=1S/C12H11ClF4N2O/c1-20-10-5-9-8(4-7(10)14)18-11(2-3-13)19(9)6-12(15,16)17/h4-5H,2-3,6H2,1H3. The first-order chi connectivity index (χ1) is 9.35. The fraction of sp³-hybridized carbons (Fsp3) is 0.417. The molecule has 0 amide bonds. The van der Waals surface area contributed by atoms with Crippen LogP contribution in [0.2, 0.25) is 0 Å². The van der Waals surface area contributed by atoms with Crippen molar-refractivity contribution >= 4 is 22.6 Å². The molecule has 0 saturated heterocycles. The van der Waals surface area contributed by atoms with Gasteiger partial charge >= 0.3 is 6.18 Å². The number of hydrogen-bond donors (Lipinski definition) is 0. The lowest BCUT2D eigenvalue weighted by Gasteiger charge is -2.12. The Balaban J connectivity index is 2.62. The van der Waals surface area contributed by atoms with E-state index in [9.17, 15) is 17.6 Å². The summed E-state index contributed by atoms with van der Waals surface area (Å²) in [5, 5.41) is 0. The Kier molecular flexibility index (Phi) is 4.08. The zero-order chi connectivity index (χ0) is 14.9. The Bertz CT molecular complexity index is 624. The van der Waals surface area contributed by atoms with E-state index in [0.29, 0.717) is 0 Å². The molecular weight excluding hydrogens is 300 g/mol. The highest BCUT2D eigenvalue weighted by Crippen LogP contribution is 2.28. The van der Waals surface area contributed by atoms with Crippen LogP contribution in [0.4, 0.5) is 17.6 Å². The lowest BCUT2D eigenvalue weighted by atomic mass is 10.3. The average Bonchev–Trinajstić information content (AvgIpc) is 2.64. The first-order valence-corrected chi connectivity index (χ1v) is 6.24. The molecule has 1 aromatic carbocycles. The van der Waals surface area contributed by atoms with Gasteiger partial charge in [0.15, 0.2) is 11.6 Å². The van der Waals surface area contributed by atoms with Crippen LogP contribution in [0.3, 0.4) is 0 Å². The second-order valence-electron chi connectivity index (χ2n) is 4.14. The minimum absolute atomic E-state index is 0.126. The number of ether oxygens (including phenoxy) is 1. The highest BCUT2D eigenvalue weighted by molar-refractivity contribution is 6.17. The van der Waals surface area contributed by atoms with Gasteiger partial charge in [-0.25, -0.2) is 9.37 Å². The van der Waals surface area contributed by atoms with Gasteiger partial charge in [0, 0.05) is 24.4 Å². The summed E-state index contributed by atoms with van der Waals surface area (Å²) in [6, 6.07) is 2.26. The van der Waals surface area contributed by atoms with Crippen molar-refractivity contribution in [3.8, 4) is 5.75 Å². The molecule has 1 aromatic heterocycles. The number of aromatic nitrogens is 2. The Labute approximate surface area is 117 Å². The zero-order valence-electron chi connectivity index (χ0n) is 10.5. The number of fused-ring (bicyclic) bond motifs is 1. The molecule has 0 radical (unpaired) electrons. The number of methoxy groups -OCH3 is 1. The van der Waals surface area contributed by atoms with Gasteiger partial charge in [-0.15, -0.1) is 11.6 Å². The second-order valence-corrected chi connectivity index (χ2v) is 4.52. The molecule has 0 aliphatic heterocycles. The first-order valence-electron chi connectivity index (χ1n) is 5.71. The minimum Gasteiger partial charge on any atom is -0.494 e. The van der Waals surface area contributed by atoms with Gasteiger partial charge < -0.3 is 9.30 Å². The van der Waals surface area contributed by atoms with E-state index in [1.165, 1.54) is 13.2 Å².